The zero-order chi connectivity index (χ0) is 15.8. The number of ether oxygens (including phenoxy) is 1. The number of nitrogens with one attached hydrogen (secondary N) is 1. The van der Waals surface area contributed by atoms with Crippen LogP contribution in [-0.2, 0) is 4.79 Å². The first-order valence-electron chi connectivity index (χ1n) is 6.88. The maximum atomic E-state index is 11.7. The van der Waals surface area contributed by atoms with Gasteiger partial charge in [-0.1, -0.05) is 6.92 Å². The molecule has 0 radical (unpaired) electrons. The topological polar surface area (TPSA) is 84.7 Å². The van der Waals surface area contributed by atoms with Gasteiger partial charge in [0.05, 0.1) is 24.1 Å². The van der Waals surface area contributed by atoms with Crippen LogP contribution in [0, 0.1) is 10.1 Å². The molecular formula is C14H21N3O4. The molecule has 0 aliphatic carbocycles. The Morgan fingerprint density at radius 3 is 2.67 bits per heavy atom. The molecule has 1 rings (SSSR count). The zero-order valence-corrected chi connectivity index (χ0v) is 12.6. The number of rotatable bonds is 8. The highest BCUT2D eigenvalue weighted by Crippen LogP contribution is 2.26. The molecule has 21 heavy (non-hydrogen) atoms. The Morgan fingerprint density at radius 2 is 2.10 bits per heavy atom. The third-order valence-corrected chi connectivity index (χ3v) is 2.92. The Hall–Kier alpha value is -2.31. The van der Waals surface area contributed by atoms with Crippen LogP contribution in [0.5, 0.6) is 5.75 Å². The van der Waals surface area contributed by atoms with Crippen LogP contribution in [0.2, 0.25) is 0 Å². The number of anilines is 1. The molecule has 0 bridgehead atoms. The lowest BCUT2D eigenvalue weighted by Crippen LogP contribution is -2.31. The molecule has 1 aromatic carbocycles. The van der Waals surface area contributed by atoms with Gasteiger partial charge in [0.15, 0.2) is 0 Å². The number of nitrogens with zero attached hydrogens (tertiary/aromatic N) is 2. The number of nitro groups is 1. The average Bonchev–Trinajstić information content (AvgIpc) is 2.49. The van der Waals surface area contributed by atoms with Gasteiger partial charge in [0.1, 0.15) is 5.75 Å². The minimum absolute atomic E-state index is 0.0672. The van der Waals surface area contributed by atoms with Crippen molar-refractivity contribution in [2.45, 2.75) is 20.3 Å². The Kier molecular flexibility index (Phi) is 6.45. The second-order valence-corrected chi connectivity index (χ2v) is 4.58. The summed E-state index contributed by atoms with van der Waals surface area (Å²) in [4.78, 5) is 23.7. The van der Waals surface area contributed by atoms with Crippen molar-refractivity contribution in [1.82, 2.24) is 4.90 Å². The summed E-state index contributed by atoms with van der Waals surface area (Å²) < 4.78 is 5.42. The Balaban J connectivity index is 2.82. The van der Waals surface area contributed by atoms with E-state index in [1.54, 1.807) is 18.0 Å². The van der Waals surface area contributed by atoms with E-state index in [1.807, 2.05) is 13.8 Å². The van der Waals surface area contributed by atoms with Crippen molar-refractivity contribution >= 4 is 17.3 Å². The van der Waals surface area contributed by atoms with E-state index in [-0.39, 0.29) is 18.1 Å². The lowest BCUT2D eigenvalue weighted by molar-refractivity contribution is -0.384. The summed E-state index contributed by atoms with van der Waals surface area (Å²) in [6, 6.07) is 4.42. The zero-order valence-electron chi connectivity index (χ0n) is 12.6. The quantitative estimate of drug-likeness (QED) is 0.587. The highest BCUT2D eigenvalue weighted by molar-refractivity contribution is 5.80. The van der Waals surface area contributed by atoms with Gasteiger partial charge in [0.25, 0.3) is 5.69 Å². The monoisotopic (exact) mass is 295 g/mol. The molecule has 0 unspecified atom stereocenters. The first-order valence-corrected chi connectivity index (χ1v) is 6.88. The molecule has 0 aliphatic rings. The van der Waals surface area contributed by atoms with Gasteiger partial charge in [-0.3, -0.25) is 14.9 Å². The normalized spacial score (nSPS) is 10.0. The molecule has 7 heteroatoms. The molecule has 0 atom stereocenters. The Morgan fingerprint density at radius 1 is 1.38 bits per heavy atom. The number of carbonyl (C=O) groups is 1. The fourth-order valence-electron chi connectivity index (χ4n) is 1.58. The van der Waals surface area contributed by atoms with Crippen LogP contribution in [0.15, 0.2) is 18.2 Å². The van der Waals surface area contributed by atoms with Gasteiger partial charge in [-0.15, -0.1) is 0 Å². The largest absolute Gasteiger partial charge is 0.493 e. The van der Waals surface area contributed by atoms with Crippen molar-refractivity contribution in [3.05, 3.63) is 28.3 Å². The molecular weight excluding hydrogens is 274 g/mol. The summed E-state index contributed by atoms with van der Waals surface area (Å²) in [6.07, 6.45) is 0.811. The lowest BCUT2D eigenvalue weighted by atomic mass is 10.2. The van der Waals surface area contributed by atoms with Crippen LogP contribution < -0.4 is 10.1 Å². The number of likely N-dealkylation sites (N-methyl/N-ethyl adjacent to an activating group) is 1. The molecule has 0 spiro atoms. The molecule has 1 aromatic rings. The van der Waals surface area contributed by atoms with E-state index in [0.717, 1.165) is 6.42 Å². The maximum absolute atomic E-state index is 11.7. The minimum Gasteiger partial charge on any atom is -0.493 e. The summed E-state index contributed by atoms with van der Waals surface area (Å²) >= 11 is 0. The van der Waals surface area contributed by atoms with Gasteiger partial charge >= 0.3 is 0 Å². The van der Waals surface area contributed by atoms with Gasteiger partial charge in [-0.25, -0.2) is 0 Å². The second-order valence-electron chi connectivity index (χ2n) is 4.58. The Bertz CT molecular complexity index is 505. The maximum Gasteiger partial charge on any atom is 0.275 e. The third-order valence-electron chi connectivity index (χ3n) is 2.92. The molecule has 1 amide bonds. The molecule has 7 nitrogen and oxygen atoms in total. The van der Waals surface area contributed by atoms with Crippen LogP contribution in [0.1, 0.15) is 20.3 Å². The molecule has 0 aliphatic heterocycles. The standard InChI is InChI=1S/C14H21N3O4/c1-4-6-21-13-8-11(7-12(9-13)17(19)20)15-10-14(18)16(3)5-2/h7-9,15H,4-6,10H2,1-3H3. The van der Waals surface area contributed by atoms with Crippen LogP contribution in [0.25, 0.3) is 0 Å². The van der Waals surface area contributed by atoms with Crippen LogP contribution in [0.4, 0.5) is 11.4 Å². The summed E-state index contributed by atoms with van der Waals surface area (Å²) in [5, 5.41) is 13.8. The van der Waals surface area contributed by atoms with Crippen molar-refractivity contribution in [3.63, 3.8) is 0 Å². The number of benzene rings is 1. The molecule has 116 valence electrons. The fraction of sp³-hybridized carbons (Fsp3) is 0.500. The average molecular weight is 295 g/mol. The van der Waals surface area contributed by atoms with Crippen LogP contribution >= 0.6 is 0 Å². The van der Waals surface area contributed by atoms with Crippen molar-refractivity contribution < 1.29 is 14.5 Å². The van der Waals surface area contributed by atoms with Gasteiger partial charge in [-0.2, -0.15) is 0 Å². The minimum atomic E-state index is -0.482. The van der Waals surface area contributed by atoms with Crippen molar-refractivity contribution in [2.24, 2.45) is 0 Å². The van der Waals surface area contributed by atoms with E-state index in [2.05, 4.69) is 5.32 Å². The van der Waals surface area contributed by atoms with Crippen molar-refractivity contribution in [1.29, 1.82) is 0 Å². The van der Waals surface area contributed by atoms with Crippen LogP contribution in [0.3, 0.4) is 0 Å². The number of hydrogen-bond donors (Lipinski definition) is 1. The smallest absolute Gasteiger partial charge is 0.275 e. The summed E-state index contributed by atoms with van der Waals surface area (Å²) in [5.74, 6) is 0.338. The van der Waals surface area contributed by atoms with Gasteiger partial charge < -0.3 is 15.0 Å². The van der Waals surface area contributed by atoms with Crippen molar-refractivity contribution in [3.8, 4) is 5.75 Å². The SMILES string of the molecule is CCCOc1cc(NCC(=O)N(C)CC)cc([N+](=O)[O-])c1. The van der Waals surface area contributed by atoms with E-state index in [1.165, 1.54) is 12.1 Å². The predicted molar refractivity (Wildman–Crippen MR) is 80.7 cm³/mol. The van der Waals surface area contributed by atoms with Crippen molar-refractivity contribution in [2.75, 3.05) is 32.1 Å². The number of nitro benzene ring substituents is 1. The van der Waals surface area contributed by atoms with Crippen LogP contribution in [-0.4, -0.2) is 42.5 Å². The van der Waals surface area contributed by atoms with Gasteiger partial charge in [0.2, 0.25) is 5.91 Å². The number of amides is 1. The lowest BCUT2D eigenvalue weighted by Gasteiger charge is -2.15. The van der Waals surface area contributed by atoms with E-state index < -0.39 is 4.92 Å². The second kappa shape index (κ2) is 8.08. The van der Waals surface area contributed by atoms with Gasteiger partial charge in [-0.05, 0) is 13.3 Å². The first-order chi connectivity index (χ1) is 9.97. The molecule has 1 N–H and O–H groups in total. The fourth-order valence-corrected chi connectivity index (χ4v) is 1.58. The van der Waals surface area contributed by atoms with E-state index in [0.29, 0.717) is 24.6 Å². The Labute approximate surface area is 124 Å². The van der Waals surface area contributed by atoms with E-state index in [9.17, 15) is 14.9 Å². The number of hydrogen-bond acceptors (Lipinski definition) is 5. The number of non-ortho nitro benzene ring substituents is 1. The highest BCUT2D eigenvalue weighted by atomic mass is 16.6. The molecule has 0 heterocycles. The molecule has 0 aromatic heterocycles. The third kappa shape index (κ3) is 5.29. The highest BCUT2D eigenvalue weighted by Gasteiger charge is 2.12. The van der Waals surface area contributed by atoms with E-state index >= 15 is 0 Å². The summed E-state index contributed by atoms with van der Waals surface area (Å²) in [7, 11) is 1.70. The number of carbonyl (C=O) groups excluding carboxylic acids is 1. The van der Waals surface area contributed by atoms with E-state index in [4.69, 9.17) is 4.74 Å². The summed E-state index contributed by atoms with van der Waals surface area (Å²) in [6.45, 7) is 5.01. The van der Waals surface area contributed by atoms with Gasteiger partial charge in [0, 0.05) is 31.4 Å². The summed E-state index contributed by atoms with van der Waals surface area (Å²) in [5.41, 5.74) is 0.426. The first kappa shape index (κ1) is 16.7. The molecule has 0 saturated carbocycles. The predicted octanol–water partition coefficient (Wildman–Crippen LogP) is 2.27. The molecule has 0 fully saturated rings. The molecule has 0 saturated heterocycles.